The van der Waals surface area contributed by atoms with E-state index in [1.807, 2.05) is 38.2 Å². The number of carboxylic acids is 1. The van der Waals surface area contributed by atoms with Gasteiger partial charge >= 0.3 is 5.97 Å². The lowest BCUT2D eigenvalue weighted by molar-refractivity contribution is -0.113. The van der Waals surface area contributed by atoms with Crippen LogP contribution in [0.3, 0.4) is 0 Å². The number of aryl methyl sites for hydroxylation is 1. The highest BCUT2D eigenvalue weighted by Crippen LogP contribution is 2.24. The van der Waals surface area contributed by atoms with Gasteiger partial charge < -0.3 is 19.7 Å². The Balaban J connectivity index is 1.57. The van der Waals surface area contributed by atoms with Gasteiger partial charge in [-0.25, -0.2) is 4.79 Å². The maximum atomic E-state index is 12.3. The highest BCUT2D eigenvalue weighted by molar-refractivity contribution is 7.99. The number of benzene rings is 2. The second-order valence-corrected chi connectivity index (χ2v) is 7.82. The molecule has 0 aliphatic carbocycles. The van der Waals surface area contributed by atoms with Gasteiger partial charge in [-0.2, -0.15) is 0 Å². The molecule has 8 nitrogen and oxygen atoms in total. The van der Waals surface area contributed by atoms with Gasteiger partial charge in [0.1, 0.15) is 5.75 Å². The summed E-state index contributed by atoms with van der Waals surface area (Å²) in [5.41, 5.74) is 1.78. The number of aromatic carboxylic acids is 1. The molecule has 0 aliphatic rings. The van der Waals surface area contributed by atoms with E-state index in [0.29, 0.717) is 16.7 Å². The smallest absolute Gasteiger partial charge is 0.335 e. The van der Waals surface area contributed by atoms with Crippen molar-refractivity contribution in [3.63, 3.8) is 0 Å². The minimum absolute atomic E-state index is 0.108. The standard InChI is InChI=1S/C22H24N4O4S/c1-4-15-8-10-18(11-9-15)30-14(2)20-24-25-22(26(20)3)31-13-19(27)23-17-7-5-6-16(12-17)21(28)29/h5-12,14H,4,13H2,1-3H3,(H,23,27)(H,28,29). The van der Waals surface area contributed by atoms with Crippen molar-refractivity contribution in [1.82, 2.24) is 14.8 Å². The molecule has 3 aromatic rings. The second-order valence-electron chi connectivity index (χ2n) is 6.88. The molecule has 1 aromatic heterocycles. The molecule has 0 spiro atoms. The average Bonchev–Trinajstić information content (AvgIpc) is 3.13. The number of rotatable bonds is 9. The number of aromatic nitrogens is 3. The van der Waals surface area contributed by atoms with Crippen molar-refractivity contribution in [2.75, 3.05) is 11.1 Å². The summed E-state index contributed by atoms with van der Waals surface area (Å²) in [7, 11) is 1.83. The fourth-order valence-electron chi connectivity index (χ4n) is 2.92. The highest BCUT2D eigenvalue weighted by atomic mass is 32.2. The van der Waals surface area contributed by atoms with Crippen LogP contribution in [0.25, 0.3) is 0 Å². The van der Waals surface area contributed by atoms with E-state index in [1.165, 1.54) is 29.5 Å². The first-order valence-corrected chi connectivity index (χ1v) is 10.8. The van der Waals surface area contributed by atoms with Gasteiger partial charge in [-0.1, -0.05) is 36.9 Å². The Hall–Kier alpha value is -3.33. The molecule has 31 heavy (non-hydrogen) atoms. The molecule has 2 aromatic carbocycles. The molecule has 0 radical (unpaired) electrons. The van der Waals surface area contributed by atoms with E-state index in [-0.39, 0.29) is 23.3 Å². The summed E-state index contributed by atoms with van der Waals surface area (Å²) in [6, 6.07) is 14.0. The van der Waals surface area contributed by atoms with E-state index >= 15 is 0 Å². The normalized spacial score (nSPS) is 11.7. The molecule has 1 unspecified atom stereocenters. The minimum Gasteiger partial charge on any atom is -0.483 e. The largest absolute Gasteiger partial charge is 0.483 e. The molecule has 162 valence electrons. The van der Waals surface area contributed by atoms with Crippen LogP contribution in [0, 0.1) is 0 Å². The fraction of sp³-hybridized carbons (Fsp3) is 0.273. The number of carbonyl (C=O) groups is 2. The predicted molar refractivity (Wildman–Crippen MR) is 119 cm³/mol. The first-order valence-electron chi connectivity index (χ1n) is 9.78. The number of anilines is 1. The maximum absolute atomic E-state index is 12.3. The Labute approximate surface area is 184 Å². The highest BCUT2D eigenvalue weighted by Gasteiger charge is 2.18. The minimum atomic E-state index is -1.05. The van der Waals surface area contributed by atoms with Gasteiger partial charge in [0.15, 0.2) is 17.1 Å². The zero-order valence-corrected chi connectivity index (χ0v) is 18.3. The Bertz CT molecular complexity index is 1070. The SMILES string of the molecule is CCc1ccc(OC(C)c2nnc(SCC(=O)Nc3cccc(C(=O)O)c3)n2C)cc1. The molecule has 3 rings (SSSR count). The van der Waals surface area contributed by atoms with Gasteiger partial charge in [0.25, 0.3) is 0 Å². The lowest BCUT2D eigenvalue weighted by Gasteiger charge is -2.14. The Morgan fingerprint density at radius 1 is 1.19 bits per heavy atom. The molecule has 0 aliphatic heterocycles. The van der Waals surface area contributed by atoms with Crippen LogP contribution in [0.2, 0.25) is 0 Å². The van der Waals surface area contributed by atoms with Crippen molar-refractivity contribution in [3.05, 3.63) is 65.5 Å². The van der Waals surface area contributed by atoms with Crippen LogP contribution < -0.4 is 10.1 Å². The molecule has 0 fully saturated rings. The summed E-state index contributed by atoms with van der Waals surface area (Å²) in [6.07, 6.45) is 0.657. The molecular formula is C22H24N4O4S. The quantitative estimate of drug-likeness (QED) is 0.485. The van der Waals surface area contributed by atoms with E-state index in [2.05, 4.69) is 22.4 Å². The summed E-state index contributed by atoms with van der Waals surface area (Å²) in [5, 5.41) is 20.7. The van der Waals surface area contributed by atoms with E-state index in [1.54, 1.807) is 16.7 Å². The molecule has 1 atom stereocenters. The van der Waals surface area contributed by atoms with E-state index in [4.69, 9.17) is 9.84 Å². The first kappa shape index (κ1) is 22.4. The molecule has 0 bridgehead atoms. The predicted octanol–water partition coefficient (Wildman–Crippen LogP) is 3.95. The van der Waals surface area contributed by atoms with Crippen LogP contribution in [-0.2, 0) is 18.3 Å². The molecule has 0 saturated carbocycles. The molecular weight excluding hydrogens is 416 g/mol. The number of thioether (sulfide) groups is 1. The number of amides is 1. The van der Waals surface area contributed by atoms with Crippen molar-refractivity contribution >= 4 is 29.3 Å². The molecule has 9 heteroatoms. The van der Waals surface area contributed by atoms with Crippen molar-refractivity contribution in [1.29, 1.82) is 0 Å². The van der Waals surface area contributed by atoms with Crippen molar-refractivity contribution < 1.29 is 19.4 Å². The maximum Gasteiger partial charge on any atom is 0.335 e. The summed E-state index contributed by atoms with van der Waals surface area (Å²) >= 11 is 1.24. The van der Waals surface area contributed by atoms with Crippen LogP contribution in [0.15, 0.2) is 53.7 Å². The van der Waals surface area contributed by atoms with Gasteiger partial charge in [0.05, 0.1) is 11.3 Å². The van der Waals surface area contributed by atoms with E-state index in [9.17, 15) is 9.59 Å². The molecule has 1 amide bonds. The van der Waals surface area contributed by atoms with Gasteiger partial charge in [-0.05, 0) is 49.2 Å². The van der Waals surface area contributed by atoms with Gasteiger partial charge in [0, 0.05) is 12.7 Å². The van der Waals surface area contributed by atoms with Crippen LogP contribution in [0.1, 0.15) is 41.7 Å². The average molecular weight is 441 g/mol. The lowest BCUT2D eigenvalue weighted by atomic mass is 10.2. The zero-order chi connectivity index (χ0) is 22.4. The molecule has 1 heterocycles. The fourth-order valence-corrected chi connectivity index (χ4v) is 3.64. The van der Waals surface area contributed by atoms with E-state index < -0.39 is 5.97 Å². The van der Waals surface area contributed by atoms with Crippen molar-refractivity contribution in [3.8, 4) is 5.75 Å². The molecule has 0 saturated heterocycles. The van der Waals surface area contributed by atoms with Crippen LogP contribution >= 0.6 is 11.8 Å². The zero-order valence-electron chi connectivity index (χ0n) is 17.5. The van der Waals surface area contributed by atoms with Crippen LogP contribution in [0.4, 0.5) is 5.69 Å². The topological polar surface area (TPSA) is 106 Å². The summed E-state index contributed by atoms with van der Waals surface area (Å²) in [6.45, 7) is 4.00. The van der Waals surface area contributed by atoms with Crippen LogP contribution in [0.5, 0.6) is 5.75 Å². The van der Waals surface area contributed by atoms with Gasteiger partial charge in [-0.15, -0.1) is 10.2 Å². The third-order valence-electron chi connectivity index (χ3n) is 4.60. The first-order chi connectivity index (χ1) is 14.9. The van der Waals surface area contributed by atoms with Crippen molar-refractivity contribution in [2.24, 2.45) is 7.05 Å². The number of nitrogens with zero attached hydrogens (tertiary/aromatic N) is 3. The van der Waals surface area contributed by atoms with Crippen LogP contribution in [-0.4, -0.2) is 37.5 Å². The number of hydrogen-bond donors (Lipinski definition) is 2. The Morgan fingerprint density at radius 2 is 1.94 bits per heavy atom. The lowest BCUT2D eigenvalue weighted by Crippen LogP contribution is -2.15. The van der Waals surface area contributed by atoms with Gasteiger partial charge in [0.2, 0.25) is 5.91 Å². The van der Waals surface area contributed by atoms with Gasteiger partial charge in [-0.3, -0.25) is 4.79 Å². The number of nitrogens with one attached hydrogen (secondary N) is 1. The Morgan fingerprint density at radius 3 is 2.61 bits per heavy atom. The third kappa shape index (κ3) is 5.85. The number of ether oxygens (including phenoxy) is 1. The Kier molecular flexibility index (Phi) is 7.30. The van der Waals surface area contributed by atoms with E-state index in [0.717, 1.165) is 12.2 Å². The summed E-state index contributed by atoms with van der Waals surface area (Å²) in [4.78, 5) is 23.3. The van der Waals surface area contributed by atoms with Crippen molar-refractivity contribution in [2.45, 2.75) is 31.5 Å². The number of hydrogen-bond acceptors (Lipinski definition) is 6. The summed E-state index contributed by atoms with van der Waals surface area (Å²) in [5.74, 6) is 0.199. The third-order valence-corrected chi connectivity index (χ3v) is 5.62. The number of carbonyl (C=O) groups excluding carboxylic acids is 1. The monoisotopic (exact) mass is 440 g/mol. The second kappa shape index (κ2) is 10.1. The number of carboxylic acid groups (broad SMARTS) is 1. The molecule has 2 N–H and O–H groups in total. The summed E-state index contributed by atoms with van der Waals surface area (Å²) < 4.78 is 7.77.